The molecule has 1 fully saturated rings. The second-order valence-electron chi connectivity index (χ2n) is 5.85. The molecule has 0 aliphatic carbocycles. The Balaban J connectivity index is 1.53. The minimum atomic E-state index is -0.108. The molecule has 3 rings (SSSR count). The van der Waals surface area contributed by atoms with Gasteiger partial charge in [0.15, 0.2) is 0 Å². The van der Waals surface area contributed by atoms with Crippen LogP contribution in [0.5, 0.6) is 0 Å². The molecule has 0 unspecified atom stereocenters. The van der Waals surface area contributed by atoms with Gasteiger partial charge >= 0.3 is 0 Å². The SMILES string of the molecule is CNc1ccnc(NCC[C@@H]2CN(c3cnn(C)c(=O)c3)CCO2)n1. The van der Waals surface area contributed by atoms with Gasteiger partial charge in [0.1, 0.15) is 5.82 Å². The molecule has 0 bridgehead atoms. The van der Waals surface area contributed by atoms with Crippen molar-refractivity contribution in [3.63, 3.8) is 0 Å². The van der Waals surface area contributed by atoms with Gasteiger partial charge in [0.05, 0.1) is 24.6 Å². The summed E-state index contributed by atoms with van der Waals surface area (Å²) in [6.45, 7) is 2.83. The Morgan fingerprint density at radius 2 is 2.32 bits per heavy atom. The molecular formula is C16H23N7O2. The maximum atomic E-state index is 11.8. The van der Waals surface area contributed by atoms with Crippen molar-refractivity contribution in [3.8, 4) is 0 Å². The van der Waals surface area contributed by atoms with Crippen LogP contribution in [0.3, 0.4) is 0 Å². The van der Waals surface area contributed by atoms with Crippen LogP contribution in [-0.2, 0) is 11.8 Å². The smallest absolute Gasteiger partial charge is 0.268 e. The summed E-state index contributed by atoms with van der Waals surface area (Å²) in [6, 6.07) is 3.43. The monoisotopic (exact) mass is 345 g/mol. The predicted octanol–water partition coefficient (Wildman–Crippen LogP) is 0.319. The predicted molar refractivity (Wildman–Crippen MR) is 96.1 cm³/mol. The summed E-state index contributed by atoms with van der Waals surface area (Å²) in [6.07, 6.45) is 4.34. The summed E-state index contributed by atoms with van der Waals surface area (Å²) >= 11 is 0. The Morgan fingerprint density at radius 1 is 1.44 bits per heavy atom. The first kappa shape index (κ1) is 17.2. The first-order valence-electron chi connectivity index (χ1n) is 8.30. The molecular weight excluding hydrogens is 322 g/mol. The van der Waals surface area contributed by atoms with Gasteiger partial charge in [-0.25, -0.2) is 9.67 Å². The van der Waals surface area contributed by atoms with Gasteiger partial charge in [-0.1, -0.05) is 0 Å². The zero-order chi connectivity index (χ0) is 17.6. The second kappa shape index (κ2) is 7.93. The van der Waals surface area contributed by atoms with E-state index in [-0.39, 0.29) is 11.7 Å². The van der Waals surface area contributed by atoms with Crippen molar-refractivity contribution in [2.45, 2.75) is 12.5 Å². The van der Waals surface area contributed by atoms with E-state index in [0.717, 1.165) is 31.0 Å². The van der Waals surface area contributed by atoms with Crippen LogP contribution in [0.1, 0.15) is 6.42 Å². The van der Waals surface area contributed by atoms with Crippen LogP contribution in [0.15, 0.2) is 29.3 Å². The summed E-state index contributed by atoms with van der Waals surface area (Å²) in [5.41, 5.74) is 0.734. The molecule has 0 saturated carbocycles. The van der Waals surface area contributed by atoms with Gasteiger partial charge in [0.25, 0.3) is 5.56 Å². The molecule has 9 nitrogen and oxygen atoms in total. The number of nitrogens with zero attached hydrogens (tertiary/aromatic N) is 5. The normalized spacial score (nSPS) is 17.4. The van der Waals surface area contributed by atoms with E-state index >= 15 is 0 Å². The zero-order valence-corrected chi connectivity index (χ0v) is 14.5. The van der Waals surface area contributed by atoms with E-state index in [1.54, 1.807) is 25.5 Å². The Hall–Kier alpha value is -2.68. The van der Waals surface area contributed by atoms with Crippen molar-refractivity contribution in [1.82, 2.24) is 19.7 Å². The van der Waals surface area contributed by atoms with Crippen LogP contribution < -0.4 is 21.1 Å². The molecule has 1 aliphatic rings. The molecule has 1 atom stereocenters. The van der Waals surface area contributed by atoms with Crippen LogP contribution in [0.25, 0.3) is 0 Å². The molecule has 9 heteroatoms. The molecule has 2 aromatic heterocycles. The topological polar surface area (TPSA) is 97.2 Å². The molecule has 1 aliphatic heterocycles. The molecule has 2 aromatic rings. The van der Waals surface area contributed by atoms with Gasteiger partial charge in [-0.05, 0) is 12.5 Å². The Labute approximate surface area is 146 Å². The maximum Gasteiger partial charge on any atom is 0.268 e. The maximum absolute atomic E-state index is 11.8. The van der Waals surface area contributed by atoms with Crippen LogP contribution in [0.2, 0.25) is 0 Å². The highest BCUT2D eigenvalue weighted by molar-refractivity contribution is 5.43. The van der Waals surface area contributed by atoms with Crippen molar-refractivity contribution in [2.24, 2.45) is 7.05 Å². The van der Waals surface area contributed by atoms with E-state index in [1.165, 1.54) is 4.68 Å². The van der Waals surface area contributed by atoms with E-state index < -0.39 is 0 Å². The number of hydrogen-bond acceptors (Lipinski definition) is 8. The van der Waals surface area contributed by atoms with Crippen molar-refractivity contribution >= 4 is 17.5 Å². The highest BCUT2D eigenvalue weighted by Crippen LogP contribution is 2.16. The summed E-state index contributed by atoms with van der Waals surface area (Å²) in [7, 11) is 3.47. The van der Waals surface area contributed by atoms with E-state index in [4.69, 9.17) is 4.74 Å². The van der Waals surface area contributed by atoms with Gasteiger partial charge in [0.2, 0.25) is 5.95 Å². The molecule has 25 heavy (non-hydrogen) atoms. The second-order valence-corrected chi connectivity index (χ2v) is 5.85. The zero-order valence-electron chi connectivity index (χ0n) is 14.5. The third-order valence-corrected chi connectivity index (χ3v) is 4.12. The third kappa shape index (κ3) is 4.44. The first-order valence-corrected chi connectivity index (χ1v) is 8.30. The molecule has 3 heterocycles. The van der Waals surface area contributed by atoms with E-state index in [9.17, 15) is 4.79 Å². The number of rotatable bonds is 6. The number of aryl methyl sites for hydroxylation is 1. The highest BCUT2D eigenvalue weighted by atomic mass is 16.5. The lowest BCUT2D eigenvalue weighted by Gasteiger charge is -2.34. The highest BCUT2D eigenvalue weighted by Gasteiger charge is 2.21. The number of anilines is 3. The van der Waals surface area contributed by atoms with Gasteiger partial charge < -0.3 is 20.3 Å². The Kier molecular flexibility index (Phi) is 5.44. The number of ether oxygens (including phenoxy) is 1. The fourth-order valence-electron chi connectivity index (χ4n) is 2.69. The molecule has 0 amide bonds. The minimum Gasteiger partial charge on any atom is -0.374 e. The summed E-state index contributed by atoms with van der Waals surface area (Å²) in [5, 5.41) is 10.3. The van der Waals surface area contributed by atoms with Crippen molar-refractivity contribution in [1.29, 1.82) is 0 Å². The average molecular weight is 345 g/mol. The van der Waals surface area contributed by atoms with Gasteiger partial charge in [-0.2, -0.15) is 10.1 Å². The van der Waals surface area contributed by atoms with Gasteiger partial charge in [-0.3, -0.25) is 4.79 Å². The standard InChI is InChI=1S/C16H23N7O2/c1-17-14-4-6-19-16(21-14)18-5-3-13-11-23(7-8-25-13)12-9-15(24)22(2)20-10-12/h4,6,9-10,13H,3,5,7-8,11H2,1-2H3,(H2,17,18,19,21)/t13-/m1/s1. The summed E-state index contributed by atoms with van der Waals surface area (Å²) in [4.78, 5) is 22.4. The molecule has 1 saturated heterocycles. The van der Waals surface area contributed by atoms with Crippen molar-refractivity contribution in [2.75, 3.05) is 48.8 Å². The third-order valence-electron chi connectivity index (χ3n) is 4.12. The molecule has 134 valence electrons. The van der Waals surface area contributed by atoms with Gasteiger partial charge in [-0.15, -0.1) is 0 Å². The summed E-state index contributed by atoms with van der Waals surface area (Å²) < 4.78 is 7.15. The van der Waals surface area contributed by atoms with E-state index in [1.807, 2.05) is 13.1 Å². The number of nitrogens with one attached hydrogen (secondary N) is 2. The van der Waals surface area contributed by atoms with Crippen LogP contribution in [0, 0.1) is 0 Å². The lowest BCUT2D eigenvalue weighted by Crippen LogP contribution is -2.43. The van der Waals surface area contributed by atoms with Crippen LogP contribution in [-0.4, -0.2) is 59.1 Å². The van der Waals surface area contributed by atoms with Crippen LogP contribution >= 0.6 is 0 Å². The Bertz CT molecular complexity index is 764. The average Bonchev–Trinajstić information content (AvgIpc) is 2.64. The van der Waals surface area contributed by atoms with Crippen LogP contribution in [0.4, 0.5) is 17.5 Å². The van der Waals surface area contributed by atoms with Crippen molar-refractivity contribution < 1.29 is 4.74 Å². The molecule has 0 radical (unpaired) electrons. The Morgan fingerprint density at radius 3 is 3.12 bits per heavy atom. The van der Waals surface area contributed by atoms with E-state index in [2.05, 4.69) is 30.6 Å². The number of hydrogen-bond donors (Lipinski definition) is 2. The lowest BCUT2D eigenvalue weighted by molar-refractivity contribution is 0.0374. The first-order chi connectivity index (χ1) is 12.2. The lowest BCUT2D eigenvalue weighted by atomic mass is 10.2. The van der Waals surface area contributed by atoms with Gasteiger partial charge in [0, 0.05) is 46.0 Å². The number of aromatic nitrogens is 4. The largest absolute Gasteiger partial charge is 0.374 e. The minimum absolute atomic E-state index is 0.0813. The summed E-state index contributed by atoms with van der Waals surface area (Å²) in [5.74, 6) is 1.37. The number of morpholine rings is 1. The molecule has 0 spiro atoms. The molecule has 0 aromatic carbocycles. The quantitative estimate of drug-likeness (QED) is 0.773. The fourth-order valence-corrected chi connectivity index (χ4v) is 2.69. The fraction of sp³-hybridized carbons (Fsp3) is 0.500. The van der Waals surface area contributed by atoms with E-state index in [0.29, 0.717) is 19.1 Å². The van der Waals surface area contributed by atoms with Crippen molar-refractivity contribution in [3.05, 3.63) is 34.9 Å². The molecule has 2 N–H and O–H groups in total.